The predicted molar refractivity (Wildman–Crippen MR) is 101 cm³/mol. The Labute approximate surface area is 167 Å². The maximum absolute atomic E-state index is 12.1. The lowest BCUT2D eigenvalue weighted by atomic mass is 10.4. The van der Waals surface area contributed by atoms with E-state index in [1.165, 1.54) is 32.9 Å². The van der Waals surface area contributed by atoms with Gasteiger partial charge in [0, 0.05) is 14.1 Å². The number of nitrogens with one attached hydrogen (secondary N) is 2. The average molecular weight is 421 g/mol. The van der Waals surface area contributed by atoms with Gasteiger partial charge in [-0.1, -0.05) is 29.6 Å². The number of carbonyl (C=O) groups excluding carboxylic acids is 2. The standard InChI is InChI=1S/C13H15N11O2S2/c1-23-12(17-19-21-23)27-6-10(25)15-8-4-3-5-9(14-8)16-11(26)7-28-13-18-20-22-24(13)2/h3-5H,6-7H2,1-2H3,(H2,14,15,16,25,26). The van der Waals surface area contributed by atoms with E-state index in [1.54, 1.807) is 32.3 Å². The molecule has 0 aliphatic heterocycles. The van der Waals surface area contributed by atoms with Gasteiger partial charge in [-0.3, -0.25) is 9.59 Å². The highest BCUT2D eigenvalue weighted by Gasteiger charge is 2.11. The van der Waals surface area contributed by atoms with Crippen molar-refractivity contribution in [3.63, 3.8) is 0 Å². The number of pyridine rings is 1. The third-order valence-corrected chi connectivity index (χ3v) is 5.13. The third-order valence-electron chi connectivity index (χ3n) is 3.11. The number of nitrogens with zero attached hydrogens (tertiary/aromatic N) is 9. The summed E-state index contributed by atoms with van der Waals surface area (Å²) in [7, 11) is 3.38. The van der Waals surface area contributed by atoms with Crippen LogP contribution < -0.4 is 10.6 Å². The Kier molecular flexibility index (Phi) is 6.49. The second-order valence-corrected chi connectivity index (χ2v) is 7.14. The van der Waals surface area contributed by atoms with Gasteiger partial charge in [-0.25, -0.2) is 14.3 Å². The molecule has 3 aromatic heterocycles. The summed E-state index contributed by atoms with van der Waals surface area (Å²) in [5.41, 5.74) is 0. The number of aromatic nitrogens is 9. The fourth-order valence-electron chi connectivity index (χ4n) is 1.88. The van der Waals surface area contributed by atoms with Crippen molar-refractivity contribution < 1.29 is 9.59 Å². The monoisotopic (exact) mass is 421 g/mol. The molecule has 0 radical (unpaired) electrons. The van der Waals surface area contributed by atoms with Gasteiger partial charge in [-0.15, -0.1) is 10.2 Å². The molecule has 3 aromatic rings. The summed E-state index contributed by atoms with van der Waals surface area (Å²) in [6.45, 7) is 0. The van der Waals surface area contributed by atoms with Gasteiger partial charge in [0.25, 0.3) is 0 Å². The summed E-state index contributed by atoms with van der Waals surface area (Å²) >= 11 is 2.40. The van der Waals surface area contributed by atoms with Crippen molar-refractivity contribution in [1.82, 2.24) is 45.4 Å². The second kappa shape index (κ2) is 9.23. The van der Waals surface area contributed by atoms with Gasteiger partial charge in [0.05, 0.1) is 11.5 Å². The van der Waals surface area contributed by atoms with Crippen molar-refractivity contribution >= 4 is 47.0 Å². The van der Waals surface area contributed by atoms with Crippen molar-refractivity contribution in [3.8, 4) is 0 Å². The zero-order valence-corrected chi connectivity index (χ0v) is 16.4. The van der Waals surface area contributed by atoms with E-state index in [0.717, 1.165) is 0 Å². The molecule has 3 heterocycles. The first kappa shape index (κ1) is 19.7. The Balaban J connectivity index is 1.49. The second-order valence-electron chi connectivity index (χ2n) is 5.25. The van der Waals surface area contributed by atoms with E-state index >= 15 is 0 Å². The zero-order valence-electron chi connectivity index (χ0n) is 14.8. The number of aryl methyl sites for hydroxylation is 2. The van der Waals surface area contributed by atoms with Crippen molar-refractivity contribution in [2.75, 3.05) is 22.1 Å². The van der Waals surface area contributed by atoms with E-state index < -0.39 is 0 Å². The molecule has 2 N–H and O–H groups in total. The highest BCUT2D eigenvalue weighted by atomic mass is 32.2. The maximum Gasteiger partial charge on any atom is 0.236 e. The molecule has 3 rings (SSSR count). The Bertz CT molecular complexity index is 899. The van der Waals surface area contributed by atoms with Crippen molar-refractivity contribution in [2.45, 2.75) is 10.3 Å². The summed E-state index contributed by atoms with van der Waals surface area (Å²) < 4.78 is 2.95. The van der Waals surface area contributed by atoms with Gasteiger partial charge in [-0.05, 0) is 33.0 Å². The van der Waals surface area contributed by atoms with Gasteiger partial charge < -0.3 is 10.6 Å². The fraction of sp³-hybridized carbons (Fsp3) is 0.308. The van der Waals surface area contributed by atoms with E-state index in [4.69, 9.17) is 0 Å². The number of tetrazole rings is 2. The molecular formula is C13H15N11O2S2. The smallest absolute Gasteiger partial charge is 0.236 e. The molecule has 0 spiro atoms. The van der Waals surface area contributed by atoms with Crippen molar-refractivity contribution in [1.29, 1.82) is 0 Å². The van der Waals surface area contributed by atoms with E-state index in [2.05, 4.69) is 46.7 Å². The van der Waals surface area contributed by atoms with Crippen LogP contribution in [0.2, 0.25) is 0 Å². The highest BCUT2D eigenvalue weighted by Crippen LogP contribution is 2.15. The summed E-state index contributed by atoms with van der Waals surface area (Å²) in [5.74, 6) is 0.349. The minimum Gasteiger partial charge on any atom is -0.310 e. The number of hydrogen-bond donors (Lipinski definition) is 2. The van der Waals surface area contributed by atoms with Crippen LogP contribution in [0.5, 0.6) is 0 Å². The van der Waals surface area contributed by atoms with Crippen LogP contribution in [0.15, 0.2) is 28.5 Å². The maximum atomic E-state index is 12.1. The van der Waals surface area contributed by atoms with Crippen molar-refractivity contribution in [2.24, 2.45) is 14.1 Å². The SMILES string of the molecule is Cn1nnnc1SCC(=O)Nc1cccc(NC(=O)CSc2nnnn2C)n1. The minimum atomic E-state index is -0.269. The van der Waals surface area contributed by atoms with Gasteiger partial charge in [0.2, 0.25) is 22.1 Å². The van der Waals surface area contributed by atoms with Crippen LogP contribution in [0.3, 0.4) is 0 Å². The molecule has 0 atom stereocenters. The Hall–Kier alpha value is -3.07. The molecule has 0 unspecified atom stereocenters. The normalized spacial score (nSPS) is 10.6. The number of anilines is 2. The largest absolute Gasteiger partial charge is 0.310 e. The molecule has 0 fully saturated rings. The lowest BCUT2D eigenvalue weighted by Crippen LogP contribution is -2.18. The summed E-state index contributed by atoms with van der Waals surface area (Å²) in [5, 5.41) is 28.3. The number of hydrogen-bond acceptors (Lipinski definition) is 11. The van der Waals surface area contributed by atoms with Crippen LogP contribution in [0.1, 0.15) is 0 Å². The quantitative estimate of drug-likeness (QED) is 0.455. The number of rotatable bonds is 8. The first-order valence-corrected chi connectivity index (χ1v) is 9.75. The highest BCUT2D eigenvalue weighted by molar-refractivity contribution is 8.00. The molecule has 0 aromatic carbocycles. The zero-order chi connectivity index (χ0) is 19.9. The van der Waals surface area contributed by atoms with Gasteiger partial charge in [0.15, 0.2) is 0 Å². The summed E-state index contributed by atoms with van der Waals surface area (Å²) in [4.78, 5) is 28.3. The predicted octanol–water partition coefficient (Wildman–Crippen LogP) is -0.410. The van der Waals surface area contributed by atoms with E-state index in [0.29, 0.717) is 21.9 Å². The van der Waals surface area contributed by atoms with Crippen LogP contribution in [0.4, 0.5) is 11.6 Å². The Morgan fingerprint density at radius 2 is 1.36 bits per heavy atom. The molecule has 0 saturated heterocycles. The summed E-state index contributed by atoms with van der Waals surface area (Å²) in [6, 6.07) is 4.93. The molecule has 0 saturated carbocycles. The van der Waals surface area contributed by atoms with Crippen LogP contribution in [0, 0.1) is 0 Å². The molecule has 28 heavy (non-hydrogen) atoms. The number of thioether (sulfide) groups is 2. The molecular weight excluding hydrogens is 406 g/mol. The van der Waals surface area contributed by atoms with Gasteiger partial charge in [-0.2, -0.15) is 0 Å². The minimum absolute atomic E-state index is 0.120. The summed E-state index contributed by atoms with van der Waals surface area (Å²) in [6.07, 6.45) is 0. The van der Waals surface area contributed by atoms with Crippen LogP contribution in [0.25, 0.3) is 0 Å². The van der Waals surface area contributed by atoms with Gasteiger partial charge in [0.1, 0.15) is 11.6 Å². The molecule has 0 aliphatic carbocycles. The fourth-order valence-corrected chi connectivity index (χ4v) is 3.18. The molecule has 0 bridgehead atoms. The average Bonchev–Trinajstić information content (AvgIpc) is 3.26. The molecule has 0 aliphatic rings. The molecule has 13 nitrogen and oxygen atoms in total. The van der Waals surface area contributed by atoms with E-state index in [9.17, 15) is 9.59 Å². The van der Waals surface area contributed by atoms with E-state index in [1.807, 2.05) is 0 Å². The van der Waals surface area contributed by atoms with Gasteiger partial charge >= 0.3 is 0 Å². The number of amides is 2. The topological polar surface area (TPSA) is 158 Å². The number of carbonyl (C=O) groups is 2. The first-order valence-electron chi connectivity index (χ1n) is 7.78. The van der Waals surface area contributed by atoms with Crippen molar-refractivity contribution in [3.05, 3.63) is 18.2 Å². The van der Waals surface area contributed by atoms with Crippen LogP contribution in [-0.2, 0) is 23.7 Å². The molecule has 15 heteroatoms. The lowest BCUT2D eigenvalue weighted by Gasteiger charge is -2.07. The Morgan fingerprint density at radius 3 is 1.75 bits per heavy atom. The Morgan fingerprint density at radius 1 is 0.893 bits per heavy atom. The first-order chi connectivity index (χ1) is 13.5. The van der Waals surface area contributed by atoms with E-state index in [-0.39, 0.29) is 23.3 Å². The molecule has 2 amide bonds. The van der Waals surface area contributed by atoms with Crippen LogP contribution in [-0.4, -0.2) is 68.7 Å². The third kappa shape index (κ3) is 5.46. The lowest BCUT2D eigenvalue weighted by molar-refractivity contribution is -0.114. The molecule has 146 valence electrons. The van der Waals surface area contributed by atoms with Crippen LogP contribution >= 0.6 is 23.5 Å².